The van der Waals surface area contributed by atoms with Crippen LogP contribution < -0.4 is 5.73 Å². The van der Waals surface area contributed by atoms with Crippen molar-refractivity contribution in [1.29, 1.82) is 0 Å². The van der Waals surface area contributed by atoms with Gasteiger partial charge in [0.05, 0.1) is 0 Å². The van der Waals surface area contributed by atoms with Crippen molar-refractivity contribution in [2.45, 2.75) is 45.1 Å². The highest BCUT2D eigenvalue weighted by Crippen LogP contribution is 2.27. The van der Waals surface area contributed by atoms with Gasteiger partial charge in [0.15, 0.2) is 0 Å². The standard InChI is InChI=1S/C20H25NO2.C10H13N.ClH/c1-3-21(4-2)15-16-23-20(22)19(17-11-7-5-8-12-17)18-13-9-6-10-14-18;11-10-7-3-5-8-4-1-2-6-9(8)10;/h5-14,19H,3-4,15-16H2,1-2H3;1-2,4,6,10H,3,5,7,11H2;1H. The quantitative estimate of drug-likeness (QED) is 0.382. The van der Waals surface area contributed by atoms with Crippen LogP contribution in [-0.4, -0.2) is 37.1 Å². The zero-order valence-electron chi connectivity index (χ0n) is 20.9. The minimum Gasteiger partial charge on any atom is -0.464 e. The highest BCUT2D eigenvalue weighted by molar-refractivity contribution is 5.85. The molecule has 1 unspecified atom stereocenters. The van der Waals surface area contributed by atoms with E-state index in [1.807, 2.05) is 60.7 Å². The van der Waals surface area contributed by atoms with Crippen molar-refractivity contribution in [3.63, 3.8) is 0 Å². The number of hydrogen-bond acceptors (Lipinski definition) is 4. The van der Waals surface area contributed by atoms with E-state index >= 15 is 0 Å². The Bertz CT molecular complexity index is 954. The van der Waals surface area contributed by atoms with Crippen LogP contribution in [0.1, 0.15) is 60.9 Å². The van der Waals surface area contributed by atoms with Gasteiger partial charge in [0.1, 0.15) is 12.5 Å². The third kappa shape index (κ3) is 8.50. The number of nitrogens with two attached hydrogens (primary N) is 1. The number of carbonyl (C=O) groups excluding carboxylic acids is 1. The van der Waals surface area contributed by atoms with Crippen molar-refractivity contribution >= 4 is 18.4 Å². The number of aryl methyl sites for hydroxylation is 1. The number of benzene rings is 3. The molecule has 2 N–H and O–H groups in total. The van der Waals surface area contributed by atoms with Crippen molar-refractivity contribution in [2.75, 3.05) is 26.2 Å². The molecule has 1 atom stereocenters. The number of ether oxygens (including phenoxy) is 1. The largest absolute Gasteiger partial charge is 0.464 e. The predicted octanol–water partition coefficient (Wildman–Crippen LogP) is 6.15. The number of esters is 1. The van der Waals surface area contributed by atoms with Crippen molar-refractivity contribution in [3.05, 3.63) is 107 Å². The Balaban J connectivity index is 0.000000300. The number of rotatable bonds is 8. The molecule has 0 amide bonds. The Labute approximate surface area is 216 Å². The zero-order valence-corrected chi connectivity index (χ0v) is 21.8. The van der Waals surface area contributed by atoms with E-state index in [2.05, 4.69) is 43.0 Å². The summed E-state index contributed by atoms with van der Waals surface area (Å²) in [6, 6.07) is 28.4. The Morgan fingerprint density at radius 2 is 1.46 bits per heavy atom. The smallest absolute Gasteiger partial charge is 0.317 e. The highest BCUT2D eigenvalue weighted by atomic mass is 35.5. The fourth-order valence-corrected chi connectivity index (χ4v) is 4.45. The minimum atomic E-state index is -0.367. The van der Waals surface area contributed by atoms with Gasteiger partial charge >= 0.3 is 5.97 Å². The van der Waals surface area contributed by atoms with E-state index in [9.17, 15) is 4.79 Å². The molecule has 4 nitrogen and oxygen atoms in total. The average molecular weight is 495 g/mol. The zero-order chi connectivity index (χ0) is 24.2. The molecule has 35 heavy (non-hydrogen) atoms. The van der Waals surface area contributed by atoms with Crippen LogP contribution in [-0.2, 0) is 16.0 Å². The summed E-state index contributed by atoms with van der Waals surface area (Å²) in [5, 5.41) is 0. The van der Waals surface area contributed by atoms with Gasteiger partial charge in [-0.25, -0.2) is 0 Å². The molecule has 0 aliphatic heterocycles. The number of likely N-dealkylation sites (N-methyl/N-ethyl adjacent to an activating group) is 1. The second kappa shape index (κ2) is 15.4. The predicted molar refractivity (Wildman–Crippen MR) is 147 cm³/mol. The lowest BCUT2D eigenvalue weighted by Crippen LogP contribution is -2.29. The maximum absolute atomic E-state index is 12.7. The molecule has 0 heterocycles. The molecule has 0 spiro atoms. The van der Waals surface area contributed by atoms with E-state index < -0.39 is 0 Å². The molecule has 0 radical (unpaired) electrons. The lowest BCUT2D eigenvalue weighted by Gasteiger charge is -2.21. The van der Waals surface area contributed by atoms with E-state index in [-0.39, 0.29) is 24.3 Å². The summed E-state index contributed by atoms with van der Waals surface area (Å²) in [4.78, 5) is 14.9. The van der Waals surface area contributed by atoms with Crippen molar-refractivity contribution in [1.82, 2.24) is 4.90 Å². The van der Waals surface area contributed by atoms with Crippen LogP contribution in [0.3, 0.4) is 0 Å². The van der Waals surface area contributed by atoms with E-state index in [0.717, 1.165) is 37.2 Å². The van der Waals surface area contributed by atoms with Crippen molar-refractivity contribution in [2.24, 2.45) is 5.73 Å². The molecule has 0 fully saturated rings. The van der Waals surface area contributed by atoms with E-state index in [1.165, 1.54) is 24.0 Å². The Morgan fingerprint density at radius 3 is 2.00 bits per heavy atom. The lowest BCUT2D eigenvalue weighted by molar-refractivity contribution is -0.144. The first kappa shape index (κ1) is 28.6. The molecule has 1 aliphatic rings. The van der Waals surface area contributed by atoms with Gasteiger partial charge in [-0.2, -0.15) is 0 Å². The summed E-state index contributed by atoms with van der Waals surface area (Å²) in [6.07, 6.45) is 3.61. The maximum atomic E-state index is 12.7. The fraction of sp³-hybridized carbons (Fsp3) is 0.367. The molecule has 1 aliphatic carbocycles. The second-order valence-corrected chi connectivity index (χ2v) is 8.65. The Morgan fingerprint density at radius 1 is 0.914 bits per heavy atom. The molecule has 0 bridgehead atoms. The summed E-state index contributed by atoms with van der Waals surface area (Å²) in [7, 11) is 0. The van der Waals surface area contributed by atoms with Crippen LogP contribution in [0, 0.1) is 0 Å². The van der Waals surface area contributed by atoms with Gasteiger partial charge in [-0.3, -0.25) is 4.79 Å². The monoisotopic (exact) mass is 494 g/mol. The molecule has 3 aromatic carbocycles. The van der Waals surface area contributed by atoms with E-state index in [0.29, 0.717) is 12.6 Å². The van der Waals surface area contributed by atoms with Crippen LogP contribution in [0.5, 0.6) is 0 Å². The van der Waals surface area contributed by atoms with E-state index in [1.54, 1.807) is 0 Å². The maximum Gasteiger partial charge on any atom is 0.317 e. The van der Waals surface area contributed by atoms with Crippen LogP contribution >= 0.6 is 12.4 Å². The topological polar surface area (TPSA) is 55.6 Å². The number of fused-ring (bicyclic) bond motifs is 1. The number of carbonyl (C=O) groups is 1. The summed E-state index contributed by atoms with van der Waals surface area (Å²) < 4.78 is 5.57. The van der Waals surface area contributed by atoms with Gasteiger partial charge in [0.25, 0.3) is 0 Å². The summed E-state index contributed by atoms with van der Waals surface area (Å²) >= 11 is 0. The number of nitrogens with zero attached hydrogens (tertiary/aromatic N) is 1. The molecule has 4 rings (SSSR count). The third-order valence-electron chi connectivity index (χ3n) is 6.46. The van der Waals surface area contributed by atoms with Crippen molar-refractivity contribution < 1.29 is 9.53 Å². The van der Waals surface area contributed by atoms with Crippen LogP contribution in [0.25, 0.3) is 0 Å². The molecule has 0 saturated heterocycles. The molecule has 0 aromatic heterocycles. The molecule has 5 heteroatoms. The van der Waals surface area contributed by atoms with Gasteiger partial charge in [-0.05, 0) is 54.6 Å². The molecular weight excluding hydrogens is 456 g/mol. The summed E-state index contributed by atoms with van der Waals surface area (Å²) in [5.74, 6) is -0.552. The van der Waals surface area contributed by atoms with E-state index in [4.69, 9.17) is 10.5 Å². The van der Waals surface area contributed by atoms with Gasteiger partial charge in [0, 0.05) is 12.6 Å². The second-order valence-electron chi connectivity index (χ2n) is 8.65. The lowest BCUT2D eigenvalue weighted by atomic mass is 9.88. The van der Waals surface area contributed by atoms with Gasteiger partial charge in [-0.1, -0.05) is 98.8 Å². The third-order valence-corrected chi connectivity index (χ3v) is 6.46. The first-order chi connectivity index (χ1) is 16.6. The molecule has 188 valence electrons. The van der Waals surface area contributed by atoms with Gasteiger partial charge in [-0.15, -0.1) is 12.4 Å². The summed E-state index contributed by atoms with van der Waals surface area (Å²) in [6.45, 7) is 7.36. The normalized spacial score (nSPS) is 14.4. The van der Waals surface area contributed by atoms with Crippen LogP contribution in [0.2, 0.25) is 0 Å². The molecule has 3 aromatic rings. The van der Waals surface area contributed by atoms with Gasteiger partial charge < -0.3 is 15.4 Å². The Hall–Kier alpha value is -2.66. The first-order valence-corrected chi connectivity index (χ1v) is 12.5. The van der Waals surface area contributed by atoms with Gasteiger partial charge in [0.2, 0.25) is 0 Å². The molecule has 0 saturated carbocycles. The highest BCUT2D eigenvalue weighted by Gasteiger charge is 2.24. The van der Waals surface area contributed by atoms with Crippen molar-refractivity contribution in [3.8, 4) is 0 Å². The minimum absolute atomic E-state index is 0. The average Bonchev–Trinajstić information content (AvgIpc) is 2.89. The number of hydrogen-bond donors (Lipinski definition) is 1. The first-order valence-electron chi connectivity index (χ1n) is 12.5. The van der Waals surface area contributed by atoms with Crippen LogP contribution in [0.15, 0.2) is 84.9 Å². The molecular formula is C30H39ClN2O2. The Kier molecular flexibility index (Phi) is 12.5. The number of halogens is 1. The summed E-state index contributed by atoms with van der Waals surface area (Å²) in [5.41, 5.74) is 10.7. The fourth-order valence-electron chi connectivity index (χ4n) is 4.45. The van der Waals surface area contributed by atoms with Crippen LogP contribution in [0.4, 0.5) is 0 Å². The SMILES string of the molecule is CCN(CC)CCOC(=O)C(c1ccccc1)c1ccccc1.Cl.NC1CCCc2ccccc21.